The largest absolute Gasteiger partial charge is 0.366 e. The summed E-state index contributed by atoms with van der Waals surface area (Å²) in [7, 11) is 0. The van der Waals surface area contributed by atoms with Crippen LogP contribution in [0, 0.1) is 6.92 Å². The minimum atomic E-state index is -0.651. The second kappa shape index (κ2) is 7.28. The first-order chi connectivity index (χ1) is 13.9. The summed E-state index contributed by atoms with van der Waals surface area (Å²) in [5.41, 5.74) is 2.52. The van der Waals surface area contributed by atoms with Gasteiger partial charge in [-0.25, -0.2) is 4.79 Å². The Bertz CT molecular complexity index is 1180. The van der Waals surface area contributed by atoms with Gasteiger partial charge in [-0.3, -0.25) is 9.59 Å². The molecule has 148 valence electrons. The first kappa shape index (κ1) is 19.1. The number of hydrogen-bond donors (Lipinski definition) is 1. The van der Waals surface area contributed by atoms with E-state index in [0.717, 1.165) is 24.8 Å². The van der Waals surface area contributed by atoms with Crippen molar-refractivity contribution in [2.24, 2.45) is 0 Å². The molecule has 0 radical (unpaired) electrons. The minimum Gasteiger partial charge on any atom is -0.319 e. The smallest absolute Gasteiger partial charge is 0.319 e. The van der Waals surface area contributed by atoms with Gasteiger partial charge in [0.1, 0.15) is 0 Å². The summed E-state index contributed by atoms with van der Waals surface area (Å²) >= 11 is 0. The van der Waals surface area contributed by atoms with Crippen molar-refractivity contribution >= 4 is 28.2 Å². The summed E-state index contributed by atoms with van der Waals surface area (Å²) in [6.07, 6.45) is 3.04. The van der Waals surface area contributed by atoms with Crippen LogP contribution in [0.5, 0.6) is 0 Å². The number of benzene rings is 2. The van der Waals surface area contributed by atoms with Gasteiger partial charge in [0.25, 0.3) is 5.91 Å². The lowest BCUT2D eigenvalue weighted by Gasteiger charge is -2.35. The van der Waals surface area contributed by atoms with Crippen molar-refractivity contribution in [2.75, 3.05) is 5.32 Å². The normalized spacial score (nSPS) is 18.3. The second-order valence-electron chi connectivity index (χ2n) is 7.94. The van der Waals surface area contributed by atoms with Crippen molar-refractivity contribution in [3.05, 3.63) is 69.7 Å². The van der Waals surface area contributed by atoms with Gasteiger partial charge in [-0.05, 0) is 55.5 Å². The maximum Gasteiger partial charge on any atom is 0.366 e. The number of aryl methyl sites for hydroxylation is 2. The molecule has 1 atom stereocenters. The van der Waals surface area contributed by atoms with Gasteiger partial charge in [-0.2, -0.15) is 0 Å². The number of rotatable bonds is 4. The maximum atomic E-state index is 12.7. The molecule has 1 heterocycles. The zero-order valence-electron chi connectivity index (χ0n) is 16.5. The number of carbonyl (C=O) groups excluding carboxylic acids is 2. The Balaban J connectivity index is 1.54. The van der Waals surface area contributed by atoms with E-state index in [4.69, 9.17) is 4.52 Å². The number of hydrogen-bond acceptors (Lipinski definition) is 5. The molecule has 1 N–H and O–H groups in total. The van der Waals surface area contributed by atoms with Gasteiger partial charge in [0.15, 0.2) is 0 Å². The maximum absolute atomic E-state index is 12.7. The fraction of sp³-hybridized carbons (Fsp3) is 0.304. The van der Waals surface area contributed by atoms with Crippen LogP contribution in [0.2, 0.25) is 0 Å². The molecule has 6 heteroatoms. The molecule has 1 aliphatic rings. The van der Waals surface area contributed by atoms with E-state index in [0.29, 0.717) is 22.2 Å². The molecule has 0 spiro atoms. The molecular formula is C23H22N2O4. The van der Waals surface area contributed by atoms with Gasteiger partial charge < -0.3 is 9.84 Å². The van der Waals surface area contributed by atoms with Gasteiger partial charge >= 0.3 is 5.63 Å². The second-order valence-corrected chi connectivity index (χ2v) is 7.94. The van der Waals surface area contributed by atoms with Crippen molar-refractivity contribution in [1.29, 1.82) is 0 Å². The van der Waals surface area contributed by atoms with E-state index in [9.17, 15) is 14.4 Å². The number of aromatic nitrogens is 1. The van der Waals surface area contributed by atoms with E-state index in [1.807, 2.05) is 12.1 Å². The fourth-order valence-electron chi connectivity index (χ4n) is 4.26. The number of nitrogens with zero attached hydrogens (tertiary/aromatic N) is 1. The summed E-state index contributed by atoms with van der Waals surface area (Å²) in [6, 6.07) is 12.9. The highest BCUT2D eigenvalue weighted by molar-refractivity contribution is 6.40. The number of ketones is 1. The molecule has 6 nitrogen and oxygen atoms in total. The summed E-state index contributed by atoms with van der Waals surface area (Å²) in [4.78, 5) is 37.1. The highest BCUT2D eigenvalue weighted by Gasteiger charge is 2.35. The molecule has 4 rings (SSSR count). The van der Waals surface area contributed by atoms with Crippen LogP contribution in [-0.4, -0.2) is 16.8 Å². The lowest BCUT2D eigenvalue weighted by molar-refractivity contribution is -0.135. The number of anilines is 1. The van der Waals surface area contributed by atoms with E-state index in [-0.39, 0.29) is 11.8 Å². The highest BCUT2D eigenvalue weighted by Crippen LogP contribution is 2.39. The van der Waals surface area contributed by atoms with Gasteiger partial charge in [0, 0.05) is 22.9 Å². The molecule has 29 heavy (non-hydrogen) atoms. The van der Waals surface area contributed by atoms with E-state index in [1.165, 1.54) is 5.56 Å². The molecule has 3 aromatic rings. The Morgan fingerprint density at radius 2 is 1.97 bits per heavy atom. The lowest BCUT2D eigenvalue weighted by Crippen LogP contribution is -2.34. The topological polar surface area (TPSA) is 89.3 Å². The highest BCUT2D eigenvalue weighted by atomic mass is 16.5. The predicted molar refractivity (Wildman–Crippen MR) is 110 cm³/mol. The van der Waals surface area contributed by atoms with Crippen molar-refractivity contribution in [3.8, 4) is 0 Å². The molecule has 0 fully saturated rings. The van der Waals surface area contributed by atoms with Crippen molar-refractivity contribution in [1.82, 2.24) is 5.16 Å². The Kier molecular flexibility index (Phi) is 4.78. The number of amides is 1. The van der Waals surface area contributed by atoms with Crippen molar-refractivity contribution in [2.45, 2.75) is 44.9 Å². The lowest BCUT2D eigenvalue weighted by atomic mass is 9.68. The Morgan fingerprint density at radius 1 is 1.17 bits per heavy atom. The van der Waals surface area contributed by atoms with Crippen LogP contribution < -0.4 is 10.9 Å². The van der Waals surface area contributed by atoms with Crippen LogP contribution in [0.15, 0.2) is 51.8 Å². The molecule has 1 amide bonds. The summed E-state index contributed by atoms with van der Waals surface area (Å²) in [5.74, 6) is -1.10. The Morgan fingerprint density at radius 3 is 2.79 bits per heavy atom. The van der Waals surface area contributed by atoms with E-state index >= 15 is 0 Å². The SMILES string of the molecule is Cc1noc(=O)c2ccc(NC(=O)C(=O)CC3(C)CCCc4ccccc43)cc12. The monoisotopic (exact) mass is 390 g/mol. The van der Waals surface area contributed by atoms with E-state index < -0.39 is 17.3 Å². The average molecular weight is 390 g/mol. The predicted octanol–water partition coefficient (Wildman–Crippen LogP) is 3.69. The number of carbonyl (C=O) groups is 2. The van der Waals surface area contributed by atoms with E-state index in [1.54, 1.807) is 25.1 Å². The number of nitrogens with one attached hydrogen (secondary N) is 1. The van der Waals surface area contributed by atoms with Gasteiger partial charge in [-0.1, -0.05) is 36.3 Å². The van der Waals surface area contributed by atoms with E-state index in [2.05, 4.69) is 29.5 Å². The van der Waals surface area contributed by atoms with Gasteiger partial charge in [-0.15, -0.1) is 0 Å². The van der Waals surface area contributed by atoms with Crippen LogP contribution in [0.1, 0.15) is 43.0 Å². The third kappa shape index (κ3) is 3.58. The molecule has 1 aromatic heterocycles. The quantitative estimate of drug-likeness (QED) is 0.686. The first-order valence-electron chi connectivity index (χ1n) is 9.70. The zero-order valence-corrected chi connectivity index (χ0v) is 16.5. The Labute approximate surface area is 167 Å². The molecule has 0 bridgehead atoms. The molecule has 1 aliphatic carbocycles. The molecule has 1 unspecified atom stereocenters. The van der Waals surface area contributed by atoms with Gasteiger partial charge in [0.05, 0.1) is 11.1 Å². The Hall–Kier alpha value is -3.28. The standard InChI is InChI=1S/C23H22N2O4/c1-14-18-12-16(9-10-17(18)22(28)29-25-14)24-21(27)20(26)13-23(2)11-5-7-15-6-3-4-8-19(15)23/h3-4,6,8-10,12H,5,7,11,13H2,1-2H3,(H,24,27). The zero-order chi connectivity index (χ0) is 20.6. The molecule has 2 aromatic carbocycles. The first-order valence-corrected chi connectivity index (χ1v) is 9.70. The third-order valence-electron chi connectivity index (χ3n) is 5.80. The van der Waals surface area contributed by atoms with Crippen molar-refractivity contribution in [3.63, 3.8) is 0 Å². The minimum absolute atomic E-state index is 0.160. The molecule has 0 saturated heterocycles. The van der Waals surface area contributed by atoms with Crippen LogP contribution >= 0.6 is 0 Å². The third-order valence-corrected chi connectivity index (χ3v) is 5.80. The summed E-state index contributed by atoms with van der Waals surface area (Å²) < 4.78 is 4.71. The number of Topliss-reactive ketones (excluding diaryl/α,β-unsaturated/α-hetero) is 1. The van der Waals surface area contributed by atoms with Crippen LogP contribution in [0.25, 0.3) is 10.8 Å². The van der Waals surface area contributed by atoms with Crippen LogP contribution in [0.4, 0.5) is 5.69 Å². The summed E-state index contributed by atoms with van der Waals surface area (Å²) in [5, 5.41) is 7.33. The molecular weight excluding hydrogens is 368 g/mol. The molecule has 0 aliphatic heterocycles. The van der Waals surface area contributed by atoms with Gasteiger partial charge in [0.2, 0.25) is 5.78 Å². The van der Waals surface area contributed by atoms with Crippen molar-refractivity contribution < 1.29 is 14.1 Å². The fourth-order valence-corrected chi connectivity index (χ4v) is 4.26. The summed E-state index contributed by atoms with van der Waals surface area (Å²) in [6.45, 7) is 3.77. The van der Waals surface area contributed by atoms with Crippen LogP contribution in [-0.2, 0) is 21.4 Å². The average Bonchev–Trinajstić information content (AvgIpc) is 2.71. The molecule has 0 saturated carbocycles. The van der Waals surface area contributed by atoms with Crippen LogP contribution in [0.3, 0.4) is 0 Å². The number of fused-ring (bicyclic) bond motifs is 2.